The van der Waals surface area contributed by atoms with Gasteiger partial charge in [-0.15, -0.1) is 0 Å². The maximum absolute atomic E-state index is 15.0. The number of aromatic nitrogens is 2. The van der Waals surface area contributed by atoms with Crippen molar-refractivity contribution in [2.24, 2.45) is 5.92 Å². The molecule has 1 saturated carbocycles. The number of hydrogen-bond acceptors (Lipinski definition) is 5. The Balaban J connectivity index is 1.73. The molecule has 1 aromatic carbocycles. The van der Waals surface area contributed by atoms with Crippen LogP contribution in [0.2, 0.25) is 0 Å². The van der Waals surface area contributed by atoms with E-state index in [0.717, 1.165) is 12.1 Å². The number of benzene rings is 1. The summed E-state index contributed by atoms with van der Waals surface area (Å²) >= 11 is 0. The maximum Gasteiger partial charge on any atom is 0.417 e. The molecule has 0 unspecified atom stereocenters. The van der Waals surface area contributed by atoms with Crippen LogP contribution >= 0.6 is 0 Å². The van der Waals surface area contributed by atoms with Gasteiger partial charge in [-0.3, -0.25) is 9.78 Å². The van der Waals surface area contributed by atoms with Crippen molar-refractivity contribution in [1.82, 2.24) is 14.9 Å². The number of nitrogens with two attached hydrogens (primary N) is 1. The second-order valence-corrected chi connectivity index (χ2v) is 8.42. The Morgan fingerprint density at radius 1 is 1.26 bits per heavy atom. The number of nitrogen functional groups attached to an aromatic ring is 1. The van der Waals surface area contributed by atoms with E-state index in [1.807, 2.05) is 0 Å². The number of anilines is 1. The Hall–Kier alpha value is -3.74. The topological polar surface area (TPSA) is 95.9 Å². The van der Waals surface area contributed by atoms with E-state index in [1.54, 1.807) is 13.0 Å². The SMILES string of the molecule is Cc1cc2cc(C(=O)N(Cc3ccc(C(F)(F)F)cn3)[C@H]3CCC[C@H]3C#N)c(F)cc2nc1N. The summed E-state index contributed by atoms with van der Waals surface area (Å²) in [6.45, 7) is 1.58. The molecule has 2 atom stereocenters. The molecule has 10 heteroatoms. The van der Waals surface area contributed by atoms with Gasteiger partial charge in [0.25, 0.3) is 5.91 Å². The molecule has 0 bridgehead atoms. The number of amides is 1. The molecular weight excluding hydrogens is 450 g/mol. The van der Waals surface area contributed by atoms with Gasteiger partial charge in [0, 0.05) is 23.7 Å². The lowest BCUT2D eigenvalue weighted by atomic mass is 10.0. The highest BCUT2D eigenvalue weighted by molar-refractivity contribution is 5.98. The molecule has 1 aliphatic rings. The number of rotatable bonds is 4. The molecule has 2 aromatic heterocycles. The van der Waals surface area contributed by atoms with Crippen LogP contribution in [0.25, 0.3) is 10.9 Å². The molecule has 1 aliphatic carbocycles. The number of nitriles is 1. The van der Waals surface area contributed by atoms with Crippen LogP contribution in [0.15, 0.2) is 36.5 Å². The minimum absolute atomic E-state index is 0.156. The van der Waals surface area contributed by atoms with Crippen LogP contribution in [0.5, 0.6) is 0 Å². The zero-order chi connectivity index (χ0) is 24.6. The number of fused-ring (bicyclic) bond motifs is 1. The standard InChI is InChI=1S/C24H21F4N5O/c1-13-7-15-8-18(19(25)9-20(15)32-22(13)30)23(34)33(21-4-2-3-14(21)10-29)12-17-6-5-16(11-31-17)24(26,27)28/h5-9,11,14,21H,2-4,12H2,1H3,(H2,30,32)/t14-,21-/m0/s1. The van der Waals surface area contributed by atoms with Gasteiger partial charge in [-0.25, -0.2) is 9.37 Å². The predicted octanol–water partition coefficient (Wildman–Crippen LogP) is 5.01. The summed E-state index contributed by atoms with van der Waals surface area (Å²) in [5, 5.41) is 10.1. The second-order valence-electron chi connectivity index (χ2n) is 8.42. The normalized spacial score (nSPS) is 18.1. The molecule has 4 rings (SSSR count). The minimum atomic E-state index is -4.54. The quantitative estimate of drug-likeness (QED) is 0.540. The van der Waals surface area contributed by atoms with Gasteiger partial charge in [0.2, 0.25) is 0 Å². The second kappa shape index (κ2) is 8.89. The first-order valence-corrected chi connectivity index (χ1v) is 10.7. The predicted molar refractivity (Wildman–Crippen MR) is 117 cm³/mol. The number of nitrogens with zero attached hydrogens (tertiary/aromatic N) is 4. The van der Waals surface area contributed by atoms with Crippen LogP contribution in [0, 0.1) is 30.0 Å². The Kier molecular flexibility index (Phi) is 6.13. The summed E-state index contributed by atoms with van der Waals surface area (Å²) in [6, 6.07) is 7.97. The molecule has 176 valence electrons. The average molecular weight is 471 g/mol. The fourth-order valence-electron chi connectivity index (χ4n) is 4.30. The molecule has 3 aromatic rings. The molecule has 34 heavy (non-hydrogen) atoms. The van der Waals surface area contributed by atoms with Crippen molar-refractivity contribution < 1.29 is 22.4 Å². The van der Waals surface area contributed by atoms with E-state index in [2.05, 4.69) is 16.0 Å². The fraction of sp³-hybridized carbons (Fsp3) is 0.333. The highest BCUT2D eigenvalue weighted by Crippen LogP contribution is 2.33. The Labute approximate surface area is 193 Å². The average Bonchev–Trinajstić information content (AvgIpc) is 3.26. The summed E-state index contributed by atoms with van der Waals surface area (Å²) in [5.41, 5.74) is 5.85. The van der Waals surface area contributed by atoms with Crippen LogP contribution in [-0.2, 0) is 12.7 Å². The van der Waals surface area contributed by atoms with Crippen molar-refractivity contribution in [2.75, 3.05) is 5.73 Å². The lowest BCUT2D eigenvalue weighted by Gasteiger charge is -2.31. The van der Waals surface area contributed by atoms with E-state index >= 15 is 4.39 Å². The Morgan fingerprint density at radius 2 is 2.03 bits per heavy atom. The molecule has 1 fully saturated rings. The molecule has 0 aliphatic heterocycles. The van der Waals surface area contributed by atoms with Gasteiger partial charge < -0.3 is 10.6 Å². The van der Waals surface area contributed by atoms with Crippen LogP contribution in [0.4, 0.5) is 23.4 Å². The molecule has 0 radical (unpaired) electrons. The fourth-order valence-corrected chi connectivity index (χ4v) is 4.30. The van der Waals surface area contributed by atoms with Gasteiger partial charge in [-0.2, -0.15) is 18.4 Å². The van der Waals surface area contributed by atoms with Crippen LogP contribution < -0.4 is 5.73 Å². The third-order valence-corrected chi connectivity index (χ3v) is 6.15. The molecule has 2 N–H and O–H groups in total. The number of hydrogen-bond donors (Lipinski definition) is 1. The number of carbonyl (C=O) groups excluding carboxylic acids is 1. The molecular formula is C24H21F4N5O. The summed E-state index contributed by atoms with van der Waals surface area (Å²) in [6.07, 6.45) is -2.03. The third kappa shape index (κ3) is 4.51. The zero-order valence-corrected chi connectivity index (χ0v) is 18.2. The van der Waals surface area contributed by atoms with Crippen molar-refractivity contribution in [3.63, 3.8) is 0 Å². The van der Waals surface area contributed by atoms with Gasteiger partial charge in [-0.1, -0.05) is 0 Å². The van der Waals surface area contributed by atoms with Crippen molar-refractivity contribution in [3.8, 4) is 6.07 Å². The smallest absolute Gasteiger partial charge is 0.383 e. The number of alkyl halides is 3. The van der Waals surface area contributed by atoms with Crippen molar-refractivity contribution >= 4 is 22.6 Å². The first kappa shape index (κ1) is 23.4. The zero-order valence-electron chi connectivity index (χ0n) is 18.2. The van der Waals surface area contributed by atoms with Crippen molar-refractivity contribution in [1.29, 1.82) is 5.26 Å². The molecule has 6 nitrogen and oxygen atoms in total. The van der Waals surface area contributed by atoms with Crippen LogP contribution in [0.1, 0.15) is 46.4 Å². The van der Waals surface area contributed by atoms with E-state index in [1.165, 1.54) is 17.0 Å². The van der Waals surface area contributed by atoms with Crippen LogP contribution in [0.3, 0.4) is 0 Å². The highest BCUT2D eigenvalue weighted by atomic mass is 19.4. The summed E-state index contributed by atoms with van der Waals surface area (Å²) in [4.78, 5) is 22.9. The van der Waals surface area contributed by atoms with Crippen LogP contribution in [-0.4, -0.2) is 26.8 Å². The first-order valence-electron chi connectivity index (χ1n) is 10.7. The van der Waals surface area contributed by atoms with E-state index in [0.29, 0.717) is 41.9 Å². The van der Waals surface area contributed by atoms with Gasteiger partial charge in [-0.05, 0) is 56.0 Å². The number of aryl methyl sites for hydroxylation is 1. The van der Waals surface area contributed by atoms with Gasteiger partial charge in [0.05, 0.1) is 40.9 Å². The van der Waals surface area contributed by atoms with E-state index in [9.17, 15) is 23.2 Å². The van der Waals surface area contributed by atoms with Crippen molar-refractivity contribution in [3.05, 3.63) is 64.7 Å². The minimum Gasteiger partial charge on any atom is -0.383 e. The lowest BCUT2D eigenvalue weighted by Crippen LogP contribution is -2.42. The molecule has 0 saturated heterocycles. The Bertz CT molecular complexity index is 1280. The third-order valence-electron chi connectivity index (χ3n) is 6.15. The number of halogens is 4. The van der Waals surface area contributed by atoms with Gasteiger partial charge in [0.15, 0.2) is 0 Å². The summed E-state index contributed by atoms with van der Waals surface area (Å²) in [7, 11) is 0. The van der Waals surface area contributed by atoms with E-state index < -0.39 is 35.4 Å². The summed E-state index contributed by atoms with van der Waals surface area (Å²) < 4.78 is 53.7. The molecule has 1 amide bonds. The summed E-state index contributed by atoms with van der Waals surface area (Å²) in [5.74, 6) is -1.68. The van der Waals surface area contributed by atoms with Gasteiger partial charge >= 0.3 is 6.18 Å². The molecule has 0 spiro atoms. The number of pyridine rings is 2. The first-order chi connectivity index (χ1) is 16.1. The monoisotopic (exact) mass is 471 g/mol. The Morgan fingerprint density at radius 3 is 2.68 bits per heavy atom. The van der Waals surface area contributed by atoms with E-state index in [-0.39, 0.29) is 23.6 Å². The largest absolute Gasteiger partial charge is 0.417 e. The van der Waals surface area contributed by atoms with E-state index in [4.69, 9.17) is 5.73 Å². The lowest BCUT2D eigenvalue weighted by molar-refractivity contribution is -0.137. The maximum atomic E-state index is 15.0. The van der Waals surface area contributed by atoms with Gasteiger partial charge in [0.1, 0.15) is 11.6 Å². The highest BCUT2D eigenvalue weighted by Gasteiger charge is 2.37. The number of carbonyl (C=O) groups is 1. The van der Waals surface area contributed by atoms with Crippen molar-refractivity contribution in [2.45, 2.75) is 44.9 Å². The molecule has 2 heterocycles.